The molecule has 0 atom stereocenters. The van der Waals surface area contributed by atoms with Gasteiger partial charge in [-0.1, -0.05) is 13.8 Å². The molecule has 0 heterocycles. The molecule has 0 saturated heterocycles. The monoisotopic (exact) mass is 232 g/mol. The molecule has 0 unspecified atom stereocenters. The SMILES string of the molecule is CC(C)COCCOC(=O)CNCC(N)=O. The number of carbonyl (C=O) groups excluding carboxylic acids is 2. The number of hydrogen-bond donors (Lipinski definition) is 2. The smallest absolute Gasteiger partial charge is 0.320 e. The molecule has 0 rings (SSSR count). The summed E-state index contributed by atoms with van der Waals surface area (Å²) in [5.74, 6) is -0.463. The molecule has 0 saturated carbocycles. The average molecular weight is 232 g/mol. The molecule has 0 spiro atoms. The molecular weight excluding hydrogens is 212 g/mol. The van der Waals surface area contributed by atoms with Crippen molar-refractivity contribution in [1.29, 1.82) is 0 Å². The molecule has 0 aliphatic rings. The van der Waals surface area contributed by atoms with Crippen molar-refractivity contribution in [2.24, 2.45) is 11.7 Å². The van der Waals surface area contributed by atoms with Crippen LogP contribution in [-0.2, 0) is 19.1 Å². The number of esters is 1. The van der Waals surface area contributed by atoms with Gasteiger partial charge in [-0.2, -0.15) is 0 Å². The summed E-state index contributed by atoms with van der Waals surface area (Å²) in [7, 11) is 0. The molecular formula is C10H20N2O4. The Morgan fingerprint density at radius 1 is 1.25 bits per heavy atom. The summed E-state index contributed by atoms with van der Waals surface area (Å²) < 4.78 is 10.0. The predicted octanol–water partition coefficient (Wildman–Crippen LogP) is -0.723. The zero-order chi connectivity index (χ0) is 12.4. The lowest BCUT2D eigenvalue weighted by Crippen LogP contribution is -2.33. The van der Waals surface area contributed by atoms with Gasteiger partial charge in [0.2, 0.25) is 5.91 Å². The standard InChI is InChI=1S/C10H20N2O4/c1-8(2)7-15-3-4-16-10(14)6-12-5-9(11)13/h8,12H,3-7H2,1-2H3,(H2,11,13). The Labute approximate surface area is 95.5 Å². The van der Waals surface area contributed by atoms with Gasteiger partial charge in [0.15, 0.2) is 0 Å². The molecule has 6 nitrogen and oxygen atoms in total. The topological polar surface area (TPSA) is 90.7 Å². The first-order chi connectivity index (χ1) is 7.52. The summed E-state index contributed by atoms with van der Waals surface area (Å²) >= 11 is 0. The van der Waals surface area contributed by atoms with Gasteiger partial charge in [0, 0.05) is 6.61 Å². The van der Waals surface area contributed by atoms with E-state index in [1.807, 2.05) is 13.8 Å². The second-order valence-electron chi connectivity index (χ2n) is 3.76. The molecule has 1 amide bonds. The van der Waals surface area contributed by atoms with Gasteiger partial charge >= 0.3 is 5.97 Å². The van der Waals surface area contributed by atoms with E-state index in [1.54, 1.807) is 0 Å². The van der Waals surface area contributed by atoms with Gasteiger partial charge in [0.1, 0.15) is 6.61 Å². The summed E-state index contributed by atoms with van der Waals surface area (Å²) in [6.45, 7) is 5.30. The highest BCUT2D eigenvalue weighted by Crippen LogP contribution is 1.91. The molecule has 0 aromatic rings. The van der Waals surface area contributed by atoms with Crippen molar-refractivity contribution in [3.05, 3.63) is 0 Å². The molecule has 0 fully saturated rings. The van der Waals surface area contributed by atoms with Crippen LogP contribution in [0.1, 0.15) is 13.8 Å². The third-order valence-electron chi connectivity index (χ3n) is 1.51. The lowest BCUT2D eigenvalue weighted by molar-refractivity contribution is -0.144. The zero-order valence-corrected chi connectivity index (χ0v) is 9.82. The van der Waals surface area contributed by atoms with Gasteiger partial charge < -0.3 is 15.2 Å². The summed E-state index contributed by atoms with van der Waals surface area (Å²) in [6.07, 6.45) is 0. The van der Waals surface area contributed by atoms with Crippen molar-refractivity contribution >= 4 is 11.9 Å². The molecule has 94 valence electrons. The van der Waals surface area contributed by atoms with E-state index in [4.69, 9.17) is 15.2 Å². The van der Waals surface area contributed by atoms with Crippen LogP contribution >= 0.6 is 0 Å². The number of carbonyl (C=O) groups is 2. The van der Waals surface area contributed by atoms with Crippen LogP contribution in [0.3, 0.4) is 0 Å². The maximum atomic E-state index is 11.0. The first-order valence-corrected chi connectivity index (χ1v) is 5.24. The Morgan fingerprint density at radius 2 is 1.94 bits per heavy atom. The molecule has 0 radical (unpaired) electrons. The van der Waals surface area contributed by atoms with Gasteiger partial charge in [0.25, 0.3) is 0 Å². The van der Waals surface area contributed by atoms with Crippen LogP contribution in [-0.4, -0.2) is 44.8 Å². The van der Waals surface area contributed by atoms with Gasteiger partial charge in [-0.15, -0.1) is 0 Å². The number of hydrogen-bond acceptors (Lipinski definition) is 5. The molecule has 0 aliphatic carbocycles. The number of nitrogens with two attached hydrogens (primary N) is 1. The molecule has 16 heavy (non-hydrogen) atoms. The van der Waals surface area contributed by atoms with Crippen LogP contribution in [0.4, 0.5) is 0 Å². The minimum atomic E-state index is -0.506. The van der Waals surface area contributed by atoms with E-state index < -0.39 is 11.9 Å². The fourth-order valence-corrected chi connectivity index (χ4v) is 0.872. The van der Waals surface area contributed by atoms with Crippen LogP contribution in [0.15, 0.2) is 0 Å². The molecule has 6 heteroatoms. The first kappa shape index (κ1) is 14.9. The molecule has 3 N–H and O–H groups in total. The molecule has 0 aromatic heterocycles. The number of ether oxygens (including phenoxy) is 2. The van der Waals surface area contributed by atoms with Crippen LogP contribution in [0, 0.1) is 5.92 Å². The van der Waals surface area contributed by atoms with Crippen molar-refractivity contribution in [3.63, 3.8) is 0 Å². The summed E-state index contributed by atoms with van der Waals surface area (Å²) in [4.78, 5) is 21.4. The van der Waals surface area contributed by atoms with Crippen molar-refractivity contribution < 1.29 is 19.1 Å². The highest BCUT2D eigenvalue weighted by atomic mass is 16.6. The van der Waals surface area contributed by atoms with Crippen molar-refractivity contribution in [2.45, 2.75) is 13.8 Å². The fourth-order valence-electron chi connectivity index (χ4n) is 0.872. The molecule has 0 aliphatic heterocycles. The maximum absolute atomic E-state index is 11.0. The fraction of sp³-hybridized carbons (Fsp3) is 0.800. The Morgan fingerprint density at radius 3 is 2.50 bits per heavy atom. The average Bonchev–Trinajstić information content (AvgIpc) is 2.16. The van der Waals surface area contributed by atoms with E-state index in [9.17, 15) is 9.59 Å². The van der Waals surface area contributed by atoms with E-state index >= 15 is 0 Å². The largest absolute Gasteiger partial charge is 0.462 e. The highest BCUT2D eigenvalue weighted by molar-refractivity contribution is 5.77. The highest BCUT2D eigenvalue weighted by Gasteiger charge is 2.03. The van der Waals surface area contributed by atoms with Gasteiger partial charge in [-0.25, -0.2) is 0 Å². The third kappa shape index (κ3) is 10.9. The van der Waals surface area contributed by atoms with Crippen LogP contribution < -0.4 is 11.1 Å². The Hall–Kier alpha value is -1.14. The summed E-state index contributed by atoms with van der Waals surface area (Å²) in [5, 5.41) is 2.55. The molecule has 0 aromatic carbocycles. The van der Waals surface area contributed by atoms with Crippen LogP contribution in [0.25, 0.3) is 0 Å². The molecule has 0 bridgehead atoms. The van der Waals surface area contributed by atoms with E-state index in [0.29, 0.717) is 19.1 Å². The number of amides is 1. The summed E-state index contributed by atoms with van der Waals surface area (Å²) in [5.41, 5.74) is 4.87. The normalized spacial score (nSPS) is 10.4. The zero-order valence-electron chi connectivity index (χ0n) is 9.82. The maximum Gasteiger partial charge on any atom is 0.320 e. The Kier molecular flexibility index (Phi) is 8.46. The number of primary amides is 1. The lowest BCUT2D eigenvalue weighted by atomic mass is 10.2. The number of nitrogens with one attached hydrogen (secondary N) is 1. The van der Waals surface area contributed by atoms with E-state index in [1.165, 1.54) is 0 Å². The van der Waals surface area contributed by atoms with E-state index in [2.05, 4.69) is 5.32 Å². The summed E-state index contributed by atoms with van der Waals surface area (Å²) in [6, 6.07) is 0. The van der Waals surface area contributed by atoms with Gasteiger partial charge in [0.05, 0.1) is 19.7 Å². The predicted molar refractivity (Wildman–Crippen MR) is 58.7 cm³/mol. The lowest BCUT2D eigenvalue weighted by Gasteiger charge is -2.07. The second kappa shape index (κ2) is 9.11. The van der Waals surface area contributed by atoms with Gasteiger partial charge in [-0.3, -0.25) is 14.9 Å². The Balaban J connectivity index is 3.27. The Bertz CT molecular complexity index is 219. The van der Waals surface area contributed by atoms with Crippen molar-refractivity contribution in [1.82, 2.24) is 5.32 Å². The number of rotatable bonds is 9. The second-order valence-corrected chi connectivity index (χ2v) is 3.76. The quantitative estimate of drug-likeness (QED) is 0.404. The third-order valence-corrected chi connectivity index (χ3v) is 1.51. The van der Waals surface area contributed by atoms with E-state index in [-0.39, 0.29) is 19.7 Å². The van der Waals surface area contributed by atoms with Crippen LogP contribution in [0.2, 0.25) is 0 Å². The van der Waals surface area contributed by atoms with Crippen molar-refractivity contribution in [2.75, 3.05) is 32.9 Å². The van der Waals surface area contributed by atoms with Gasteiger partial charge in [-0.05, 0) is 5.92 Å². The first-order valence-electron chi connectivity index (χ1n) is 5.24. The van der Waals surface area contributed by atoms with Crippen molar-refractivity contribution in [3.8, 4) is 0 Å². The van der Waals surface area contributed by atoms with E-state index in [0.717, 1.165) is 0 Å². The van der Waals surface area contributed by atoms with Crippen LogP contribution in [0.5, 0.6) is 0 Å². The minimum Gasteiger partial charge on any atom is -0.462 e. The minimum absolute atomic E-state index is 0.0207.